The van der Waals surface area contributed by atoms with Crippen LogP contribution in [0.25, 0.3) is 0 Å². The third-order valence-corrected chi connectivity index (χ3v) is 3.81. The smallest absolute Gasteiger partial charge is 0.257 e. The van der Waals surface area contributed by atoms with Gasteiger partial charge in [0, 0.05) is 31.0 Å². The highest BCUT2D eigenvalue weighted by molar-refractivity contribution is 6.30. The lowest BCUT2D eigenvalue weighted by atomic mass is 9.93. The summed E-state index contributed by atoms with van der Waals surface area (Å²) in [6.07, 6.45) is 2.43. The summed E-state index contributed by atoms with van der Waals surface area (Å²) in [6, 6.07) is 4.50. The van der Waals surface area contributed by atoms with Gasteiger partial charge in [0.2, 0.25) is 0 Å². The fraction of sp³-hybridized carbons (Fsp3) is 0.429. The van der Waals surface area contributed by atoms with E-state index in [0.29, 0.717) is 30.7 Å². The summed E-state index contributed by atoms with van der Waals surface area (Å²) in [6.45, 7) is 0. The predicted octanol–water partition coefficient (Wildman–Crippen LogP) is 2.63. The van der Waals surface area contributed by atoms with E-state index in [1.165, 1.54) is 12.1 Å². The molecule has 19 heavy (non-hydrogen) atoms. The van der Waals surface area contributed by atoms with Crippen molar-refractivity contribution in [3.63, 3.8) is 0 Å². The molecule has 1 aliphatic carbocycles. The third-order valence-electron chi connectivity index (χ3n) is 3.57. The Morgan fingerprint density at radius 1 is 1.37 bits per heavy atom. The van der Waals surface area contributed by atoms with Crippen molar-refractivity contribution in [2.45, 2.75) is 31.7 Å². The van der Waals surface area contributed by atoms with E-state index in [1.807, 2.05) is 0 Å². The molecule has 0 bridgehead atoms. The number of nitrogens with zero attached hydrogens (tertiary/aromatic N) is 1. The number of aromatic hydroxyl groups is 1. The molecule has 1 aromatic rings. The van der Waals surface area contributed by atoms with Crippen molar-refractivity contribution in [2.75, 3.05) is 7.05 Å². The maximum atomic E-state index is 12.3. The van der Waals surface area contributed by atoms with Crippen LogP contribution in [0.15, 0.2) is 18.2 Å². The second kappa shape index (κ2) is 5.61. The van der Waals surface area contributed by atoms with Crippen LogP contribution in [0.2, 0.25) is 5.02 Å². The van der Waals surface area contributed by atoms with Gasteiger partial charge in [0.25, 0.3) is 5.91 Å². The molecule has 1 saturated carbocycles. The largest absolute Gasteiger partial charge is 0.507 e. The minimum absolute atomic E-state index is 0.0558. The van der Waals surface area contributed by atoms with Gasteiger partial charge >= 0.3 is 0 Å². The molecular weight excluding hydrogens is 266 g/mol. The molecular formula is C14H16ClNO3. The molecule has 102 valence electrons. The average molecular weight is 282 g/mol. The first-order valence-electron chi connectivity index (χ1n) is 6.26. The number of phenolic OH excluding ortho intramolecular Hbond substituents is 1. The zero-order valence-corrected chi connectivity index (χ0v) is 11.5. The summed E-state index contributed by atoms with van der Waals surface area (Å²) in [5.41, 5.74) is 0.240. The number of hydrogen-bond acceptors (Lipinski definition) is 3. The van der Waals surface area contributed by atoms with Crippen molar-refractivity contribution >= 4 is 23.3 Å². The van der Waals surface area contributed by atoms with Gasteiger partial charge in [-0.25, -0.2) is 0 Å². The molecule has 5 heteroatoms. The Morgan fingerprint density at radius 2 is 2.00 bits per heavy atom. The molecule has 4 nitrogen and oxygen atoms in total. The molecule has 1 fully saturated rings. The van der Waals surface area contributed by atoms with Crippen molar-refractivity contribution in [3.8, 4) is 5.75 Å². The number of phenols is 1. The van der Waals surface area contributed by atoms with E-state index < -0.39 is 0 Å². The van der Waals surface area contributed by atoms with E-state index in [4.69, 9.17) is 11.6 Å². The number of carbonyl (C=O) groups excluding carboxylic acids is 2. The zero-order chi connectivity index (χ0) is 14.0. The fourth-order valence-corrected chi connectivity index (χ4v) is 2.52. The minimum atomic E-state index is -0.242. The van der Waals surface area contributed by atoms with Crippen molar-refractivity contribution in [1.82, 2.24) is 4.90 Å². The lowest BCUT2D eigenvalue weighted by Gasteiger charge is -2.31. The minimum Gasteiger partial charge on any atom is -0.507 e. The van der Waals surface area contributed by atoms with E-state index in [1.54, 1.807) is 18.0 Å². The van der Waals surface area contributed by atoms with Gasteiger partial charge in [-0.2, -0.15) is 0 Å². The van der Waals surface area contributed by atoms with Crippen LogP contribution in [-0.2, 0) is 4.79 Å². The number of benzene rings is 1. The zero-order valence-electron chi connectivity index (χ0n) is 10.7. The Hall–Kier alpha value is -1.55. The molecule has 0 unspecified atom stereocenters. The molecule has 0 saturated heterocycles. The molecule has 0 aromatic heterocycles. The Balaban J connectivity index is 2.12. The number of carbonyl (C=O) groups is 2. The summed E-state index contributed by atoms with van der Waals surface area (Å²) in [5, 5.41) is 10.2. The third kappa shape index (κ3) is 3.07. The molecule has 0 heterocycles. The molecule has 1 N–H and O–H groups in total. The number of ketones is 1. The quantitative estimate of drug-likeness (QED) is 0.906. The molecule has 1 amide bonds. The van der Waals surface area contributed by atoms with Crippen LogP contribution in [-0.4, -0.2) is 34.8 Å². The van der Waals surface area contributed by atoms with Gasteiger partial charge < -0.3 is 10.0 Å². The number of rotatable bonds is 2. The van der Waals surface area contributed by atoms with Gasteiger partial charge in [0.1, 0.15) is 11.5 Å². The van der Waals surface area contributed by atoms with Crippen molar-refractivity contribution in [1.29, 1.82) is 0 Å². The van der Waals surface area contributed by atoms with Gasteiger partial charge in [0.05, 0.1) is 5.56 Å². The van der Waals surface area contributed by atoms with Gasteiger partial charge in [-0.15, -0.1) is 0 Å². The molecule has 0 spiro atoms. The summed E-state index contributed by atoms with van der Waals surface area (Å²) >= 11 is 5.74. The van der Waals surface area contributed by atoms with Crippen molar-refractivity contribution in [2.24, 2.45) is 0 Å². The maximum Gasteiger partial charge on any atom is 0.257 e. The van der Waals surface area contributed by atoms with E-state index >= 15 is 0 Å². The Bertz CT molecular complexity index is 505. The maximum absolute atomic E-state index is 12.3. The second-order valence-corrected chi connectivity index (χ2v) is 5.28. The van der Waals surface area contributed by atoms with E-state index in [-0.39, 0.29) is 29.0 Å². The van der Waals surface area contributed by atoms with E-state index in [2.05, 4.69) is 0 Å². The standard InChI is InChI=1S/C14H16ClNO3/c1-16(10-3-5-11(17)6-4-10)14(19)12-7-2-9(15)8-13(12)18/h2,7-8,10,18H,3-6H2,1H3. The van der Waals surface area contributed by atoms with Crippen LogP contribution in [0.1, 0.15) is 36.0 Å². The van der Waals surface area contributed by atoms with Crippen LogP contribution < -0.4 is 0 Å². The highest BCUT2D eigenvalue weighted by Crippen LogP contribution is 2.26. The highest BCUT2D eigenvalue weighted by atomic mass is 35.5. The monoisotopic (exact) mass is 281 g/mol. The van der Waals surface area contributed by atoms with Gasteiger partial charge in [-0.1, -0.05) is 11.6 Å². The van der Waals surface area contributed by atoms with Crippen molar-refractivity contribution in [3.05, 3.63) is 28.8 Å². The summed E-state index contributed by atoms with van der Waals surface area (Å²) in [7, 11) is 1.71. The first-order chi connectivity index (χ1) is 8.99. The number of halogens is 1. The Morgan fingerprint density at radius 3 is 2.58 bits per heavy atom. The second-order valence-electron chi connectivity index (χ2n) is 4.85. The first-order valence-corrected chi connectivity index (χ1v) is 6.64. The lowest BCUT2D eigenvalue weighted by Crippen LogP contribution is -2.39. The summed E-state index contributed by atoms with van der Waals surface area (Å²) < 4.78 is 0. The van der Waals surface area contributed by atoms with Gasteiger partial charge in [-0.05, 0) is 31.0 Å². The Kier molecular flexibility index (Phi) is 4.10. The van der Waals surface area contributed by atoms with Crippen LogP contribution in [0, 0.1) is 0 Å². The molecule has 1 aromatic carbocycles. The lowest BCUT2D eigenvalue weighted by molar-refractivity contribution is -0.121. The van der Waals surface area contributed by atoms with E-state index in [9.17, 15) is 14.7 Å². The Labute approximate surface area is 117 Å². The van der Waals surface area contributed by atoms with Crippen LogP contribution >= 0.6 is 11.6 Å². The topological polar surface area (TPSA) is 57.6 Å². The van der Waals surface area contributed by atoms with Gasteiger partial charge in [-0.3, -0.25) is 9.59 Å². The fourth-order valence-electron chi connectivity index (χ4n) is 2.35. The van der Waals surface area contributed by atoms with Crippen LogP contribution in [0.3, 0.4) is 0 Å². The van der Waals surface area contributed by atoms with Crippen molar-refractivity contribution < 1.29 is 14.7 Å². The van der Waals surface area contributed by atoms with Crippen LogP contribution in [0.4, 0.5) is 0 Å². The normalized spacial score (nSPS) is 16.4. The number of amides is 1. The molecule has 1 aliphatic rings. The van der Waals surface area contributed by atoms with E-state index in [0.717, 1.165) is 0 Å². The predicted molar refractivity (Wildman–Crippen MR) is 72.5 cm³/mol. The highest BCUT2D eigenvalue weighted by Gasteiger charge is 2.26. The SMILES string of the molecule is CN(C(=O)c1ccc(Cl)cc1O)C1CCC(=O)CC1. The number of hydrogen-bond donors (Lipinski definition) is 1. The van der Waals surface area contributed by atoms with Crippen LogP contribution in [0.5, 0.6) is 5.75 Å². The average Bonchev–Trinajstić information content (AvgIpc) is 2.38. The molecule has 0 radical (unpaired) electrons. The van der Waals surface area contributed by atoms with Gasteiger partial charge in [0.15, 0.2) is 0 Å². The molecule has 0 aliphatic heterocycles. The number of Topliss-reactive ketones (excluding diaryl/α,β-unsaturated/α-hetero) is 1. The summed E-state index contributed by atoms with van der Waals surface area (Å²) in [5.74, 6) is -0.101. The molecule has 0 atom stereocenters. The summed E-state index contributed by atoms with van der Waals surface area (Å²) in [4.78, 5) is 25.1. The first kappa shape index (κ1) is 13.9. The molecule has 2 rings (SSSR count).